The monoisotopic (exact) mass is 790 g/mol. The van der Waals surface area contributed by atoms with Gasteiger partial charge in [-0.25, -0.2) is 0 Å². The normalized spacial score (nSPS) is 13.0. The van der Waals surface area contributed by atoms with E-state index >= 15 is 0 Å². The molecule has 0 bridgehead atoms. The van der Waals surface area contributed by atoms with Gasteiger partial charge in [-0.05, 0) is 11.1 Å². The number of hydrogen-bond donors (Lipinski definition) is 2. The number of carboxylic acid groups (broad SMARTS) is 4. The van der Waals surface area contributed by atoms with Gasteiger partial charge in [-0.3, -0.25) is 0 Å². The molecule has 0 aliphatic carbocycles. The second-order valence-corrected chi connectivity index (χ2v) is 16.6. The Labute approximate surface area is 302 Å². The van der Waals surface area contributed by atoms with E-state index in [-0.39, 0.29) is 34.0 Å². The summed E-state index contributed by atoms with van der Waals surface area (Å²) in [7, 11) is 0. The van der Waals surface area contributed by atoms with E-state index in [0.717, 1.165) is 0 Å². The summed E-state index contributed by atoms with van der Waals surface area (Å²) in [6.45, 7) is 4.60. The summed E-state index contributed by atoms with van der Waals surface area (Å²) < 4.78 is 3.31. The summed E-state index contributed by atoms with van der Waals surface area (Å²) >= 11 is 0.0736. The summed E-state index contributed by atoms with van der Waals surface area (Å²) in [4.78, 5) is 42.1. The molecule has 2 unspecified atom stereocenters. The summed E-state index contributed by atoms with van der Waals surface area (Å²) in [5.41, 5.74) is -3.84. The molecule has 2 atom stereocenters. The van der Waals surface area contributed by atoms with Crippen molar-refractivity contribution in [2.45, 2.75) is 137 Å². The van der Waals surface area contributed by atoms with Crippen LogP contribution in [0.1, 0.15) is 115 Å². The molecule has 0 fully saturated rings. The molecule has 0 spiro atoms. The van der Waals surface area contributed by atoms with Crippen LogP contribution in [-0.4, -0.2) is 66.4 Å². The minimum atomic E-state index is -2.43. The van der Waals surface area contributed by atoms with Crippen LogP contribution in [0.5, 0.6) is 0 Å². The fourth-order valence-corrected chi connectivity index (χ4v) is 8.51. The SMILES string of the molecule is CCCCCCC[CH2][Sn+4][CH2]CCCCCCC.O=C([O-])CC(O)(Cc1ccccc1)C(=O)[O-].O=C([O-])CC(O)(Cc1ccccc1)C(=O)[O-]. The average molecular weight is 790 g/mol. The molecular formula is C38H54O10Sn. The second-order valence-electron chi connectivity index (χ2n) is 12.3. The van der Waals surface area contributed by atoms with Crippen molar-refractivity contribution in [1.29, 1.82) is 0 Å². The fourth-order valence-electron chi connectivity index (χ4n) is 4.94. The minimum absolute atomic E-state index is 0.0736. The summed E-state index contributed by atoms with van der Waals surface area (Å²) in [5, 5.41) is 61.4. The van der Waals surface area contributed by atoms with Gasteiger partial charge in [-0.2, -0.15) is 0 Å². The van der Waals surface area contributed by atoms with E-state index in [2.05, 4.69) is 13.8 Å². The van der Waals surface area contributed by atoms with Crippen molar-refractivity contribution in [3.8, 4) is 0 Å². The fraction of sp³-hybridized carbons (Fsp3) is 0.579. The first-order valence-electron chi connectivity index (χ1n) is 17.4. The number of rotatable bonds is 24. The van der Waals surface area contributed by atoms with Crippen LogP contribution in [0, 0.1) is 0 Å². The van der Waals surface area contributed by atoms with Gasteiger partial charge in [0, 0.05) is 37.6 Å². The Morgan fingerprint density at radius 2 is 0.837 bits per heavy atom. The Bertz CT molecular complexity index is 1090. The van der Waals surface area contributed by atoms with E-state index in [1.807, 2.05) is 0 Å². The number of benzene rings is 2. The molecule has 2 aromatic rings. The zero-order chi connectivity index (χ0) is 37.0. The number of hydrogen-bond acceptors (Lipinski definition) is 10. The molecule has 0 aromatic heterocycles. The van der Waals surface area contributed by atoms with Gasteiger partial charge in [-0.1, -0.05) is 60.7 Å². The van der Waals surface area contributed by atoms with E-state index in [4.69, 9.17) is 0 Å². The molecule has 10 nitrogen and oxygen atoms in total. The molecule has 2 N–H and O–H groups in total. The van der Waals surface area contributed by atoms with Crippen LogP contribution in [0.4, 0.5) is 0 Å². The van der Waals surface area contributed by atoms with Crippen molar-refractivity contribution >= 4 is 45.0 Å². The predicted octanol–water partition coefficient (Wildman–Crippen LogP) is 1.95. The van der Waals surface area contributed by atoms with Gasteiger partial charge in [0.05, 0.1) is 11.9 Å². The minimum Gasteiger partial charge on any atom is -0.550 e. The van der Waals surface area contributed by atoms with Gasteiger partial charge in [0.25, 0.3) is 0 Å². The van der Waals surface area contributed by atoms with Crippen LogP contribution < -0.4 is 20.4 Å². The number of aliphatic hydroxyl groups is 2. The first-order valence-corrected chi connectivity index (χ1v) is 21.4. The van der Waals surface area contributed by atoms with Crippen molar-refractivity contribution in [1.82, 2.24) is 0 Å². The Morgan fingerprint density at radius 1 is 0.531 bits per heavy atom. The molecule has 2 rings (SSSR count). The van der Waals surface area contributed by atoms with Crippen LogP contribution in [0.3, 0.4) is 0 Å². The number of unbranched alkanes of at least 4 members (excludes halogenated alkanes) is 10. The van der Waals surface area contributed by atoms with Crippen molar-refractivity contribution in [2.24, 2.45) is 0 Å². The van der Waals surface area contributed by atoms with Crippen molar-refractivity contribution in [3.05, 3.63) is 71.8 Å². The maximum Gasteiger partial charge on any atom is 0.113 e. The molecule has 0 amide bonds. The van der Waals surface area contributed by atoms with E-state index in [1.165, 1.54) is 64.2 Å². The summed E-state index contributed by atoms with van der Waals surface area (Å²) in [6.07, 6.45) is 15.2. The molecule has 49 heavy (non-hydrogen) atoms. The summed E-state index contributed by atoms with van der Waals surface area (Å²) in [5.74, 6) is -6.91. The molecule has 270 valence electrons. The third-order valence-corrected chi connectivity index (χ3v) is 11.8. The van der Waals surface area contributed by atoms with Crippen molar-refractivity contribution in [3.63, 3.8) is 0 Å². The van der Waals surface area contributed by atoms with Crippen LogP contribution in [0.25, 0.3) is 0 Å². The van der Waals surface area contributed by atoms with Crippen LogP contribution in [0.2, 0.25) is 8.87 Å². The zero-order valence-corrected chi connectivity index (χ0v) is 32.0. The molecule has 0 heterocycles. The maximum absolute atomic E-state index is 10.7. The van der Waals surface area contributed by atoms with E-state index in [0.29, 0.717) is 11.1 Å². The molecule has 11 heteroatoms. The van der Waals surface area contributed by atoms with E-state index < -0.39 is 47.9 Å². The average Bonchev–Trinajstić information content (AvgIpc) is 3.04. The van der Waals surface area contributed by atoms with E-state index in [9.17, 15) is 49.8 Å². The molecule has 0 saturated carbocycles. The second kappa shape index (κ2) is 27.8. The van der Waals surface area contributed by atoms with Gasteiger partial charge < -0.3 is 49.8 Å². The standard InChI is InChI=1S/2C11H12O5.2C8H17.Sn/c2*12-9(13)7-11(16,10(14)15)6-8-4-2-1-3-5-8;2*1-3-5-7-8-6-4-2;/h2*1-5,16H,6-7H2,(H,12,13)(H,14,15);2*1,3-8H2,2H3;/q;;;;+4/p-4. The number of carbonyl (C=O) groups excluding carboxylic acids is 4. The zero-order valence-electron chi connectivity index (χ0n) is 29.2. The van der Waals surface area contributed by atoms with Gasteiger partial charge in [0.15, 0.2) is 0 Å². The third kappa shape index (κ3) is 23.9. The van der Waals surface area contributed by atoms with Crippen LogP contribution in [-0.2, 0) is 32.0 Å². The van der Waals surface area contributed by atoms with Gasteiger partial charge in [0.1, 0.15) is 11.2 Å². The number of carboxylic acids is 4. The van der Waals surface area contributed by atoms with Crippen molar-refractivity contribution < 1.29 is 49.8 Å². The molecule has 0 saturated heterocycles. The summed E-state index contributed by atoms with van der Waals surface area (Å²) in [6, 6.07) is 16.4. The Morgan fingerprint density at radius 3 is 1.12 bits per heavy atom. The first kappa shape index (κ1) is 46.0. The maximum atomic E-state index is 10.7. The first-order chi connectivity index (χ1) is 23.3. The topological polar surface area (TPSA) is 201 Å². The predicted molar refractivity (Wildman–Crippen MR) is 182 cm³/mol. The molecule has 0 aliphatic rings. The quantitative estimate of drug-likeness (QED) is 0.117. The number of aliphatic carboxylic acids is 4. The third-order valence-electron chi connectivity index (χ3n) is 7.73. The molecule has 6 radical (unpaired) electrons. The van der Waals surface area contributed by atoms with Crippen molar-refractivity contribution in [2.75, 3.05) is 0 Å². The Hall–Kier alpha value is -2.96. The molecule has 2 aromatic carbocycles. The van der Waals surface area contributed by atoms with Crippen LogP contribution >= 0.6 is 0 Å². The Balaban J connectivity index is 0.000000705. The molecular weight excluding hydrogens is 735 g/mol. The van der Waals surface area contributed by atoms with Crippen LogP contribution in [0.15, 0.2) is 60.7 Å². The van der Waals surface area contributed by atoms with Gasteiger partial charge >= 0.3 is 121 Å². The largest absolute Gasteiger partial charge is 0.550 e. The number of carbonyl (C=O) groups is 4. The smallest absolute Gasteiger partial charge is 0.113 e. The molecule has 0 aliphatic heterocycles. The van der Waals surface area contributed by atoms with Gasteiger partial charge in [-0.15, -0.1) is 0 Å². The Kier molecular flexibility index (Phi) is 26.1. The van der Waals surface area contributed by atoms with Gasteiger partial charge in [0.2, 0.25) is 0 Å². The van der Waals surface area contributed by atoms with E-state index in [1.54, 1.807) is 82.4 Å².